The predicted octanol–water partition coefficient (Wildman–Crippen LogP) is 7.35. The van der Waals surface area contributed by atoms with Gasteiger partial charge in [0.1, 0.15) is 17.1 Å². The van der Waals surface area contributed by atoms with Crippen molar-refractivity contribution in [1.29, 1.82) is 0 Å². The fourth-order valence-electron chi connectivity index (χ4n) is 4.48. The lowest BCUT2D eigenvalue weighted by molar-refractivity contribution is -0.143. The van der Waals surface area contributed by atoms with Gasteiger partial charge in [-0.05, 0) is 79.8 Å². The second kappa shape index (κ2) is 13.3. The van der Waals surface area contributed by atoms with Crippen molar-refractivity contribution < 1.29 is 19.1 Å². The van der Waals surface area contributed by atoms with Crippen LogP contribution in [0.2, 0.25) is 0 Å². The molecule has 0 saturated heterocycles. The molecule has 1 fully saturated rings. The van der Waals surface area contributed by atoms with Crippen molar-refractivity contribution >= 4 is 45.4 Å². The first kappa shape index (κ1) is 26.7. The van der Waals surface area contributed by atoms with E-state index in [9.17, 15) is 9.59 Å². The fourth-order valence-corrected chi connectivity index (χ4v) is 6.72. The van der Waals surface area contributed by atoms with Crippen LogP contribution in [-0.4, -0.2) is 29.1 Å². The van der Waals surface area contributed by atoms with Gasteiger partial charge < -0.3 is 9.47 Å². The first-order valence-electron chi connectivity index (χ1n) is 12.5. The molecule has 0 amide bonds. The first-order chi connectivity index (χ1) is 17.5. The van der Waals surface area contributed by atoms with E-state index in [-0.39, 0.29) is 34.0 Å². The van der Waals surface area contributed by atoms with Crippen LogP contribution in [0.1, 0.15) is 60.9 Å². The zero-order valence-electron chi connectivity index (χ0n) is 20.5. The Labute approximate surface area is 230 Å². The van der Waals surface area contributed by atoms with Gasteiger partial charge in [0.15, 0.2) is 14.7 Å². The van der Waals surface area contributed by atoms with Gasteiger partial charge >= 0.3 is 11.9 Å². The number of rotatable bonds is 9. The number of ether oxygens (including phenoxy) is 2. The SMILES string of the molecule is CC(I)C(=O)OCCOC(=O)c1ccc([S+](c2ccccc2)c2ccc(C3CCCCC3)cc2)cc1. The molecule has 0 radical (unpaired) electrons. The van der Waals surface area contributed by atoms with Gasteiger partial charge in [-0.15, -0.1) is 0 Å². The molecule has 0 N–H and O–H groups in total. The summed E-state index contributed by atoms with van der Waals surface area (Å²) in [6, 6.07) is 27.3. The summed E-state index contributed by atoms with van der Waals surface area (Å²) >= 11 is 1.99. The summed E-state index contributed by atoms with van der Waals surface area (Å²) < 4.78 is 10.1. The quantitative estimate of drug-likeness (QED) is 0.0831. The number of esters is 2. The summed E-state index contributed by atoms with van der Waals surface area (Å²) in [6.45, 7) is 1.85. The van der Waals surface area contributed by atoms with E-state index in [4.69, 9.17) is 9.47 Å². The molecular formula is C30H32IO4S+. The average molecular weight is 616 g/mol. The molecule has 188 valence electrons. The number of alkyl halides is 1. The van der Waals surface area contributed by atoms with E-state index in [0.29, 0.717) is 11.5 Å². The average Bonchev–Trinajstić information content (AvgIpc) is 2.93. The maximum absolute atomic E-state index is 12.5. The second-order valence-corrected chi connectivity index (χ2v) is 12.9. The summed E-state index contributed by atoms with van der Waals surface area (Å²) in [5, 5.41) is 0. The molecule has 1 saturated carbocycles. The molecule has 3 aromatic rings. The van der Waals surface area contributed by atoms with Gasteiger partial charge in [-0.2, -0.15) is 0 Å². The third-order valence-electron chi connectivity index (χ3n) is 6.38. The van der Waals surface area contributed by atoms with E-state index in [1.807, 2.05) is 52.9 Å². The largest absolute Gasteiger partial charge is 0.461 e. The highest BCUT2D eigenvalue weighted by Crippen LogP contribution is 2.35. The molecule has 36 heavy (non-hydrogen) atoms. The second-order valence-electron chi connectivity index (χ2n) is 8.97. The Hall–Kier alpha value is -2.32. The van der Waals surface area contributed by atoms with E-state index in [0.717, 1.165) is 4.90 Å². The number of benzene rings is 3. The molecule has 0 spiro atoms. The summed E-state index contributed by atoms with van der Waals surface area (Å²) in [7, 11) is -0.276. The van der Waals surface area contributed by atoms with Gasteiger partial charge in [0.05, 0.1) is 16.5 Å². The molecule has 6 heteroatoms. The highest BCUT2D eigenvalue weighted by atomic mass is 127. The molecule has 1 aliphatic carbocycles. The van der Waals surface area contributed by atoms with Gasteiger partial charge in [0.25, 0.3) is 0 Å². The Morgan fingerprint density at radius 1 is 0.806 bits per heavy atom. The van der Waals surface area contributed by atoms with Crippen LogP contribution in [0.3, 0.4) is 0 Å². The van der Waals surface area contributed by atoms with E-state index < -0.39 is 5.97 Å². The molecule has 4 rings (SSSR count). The van der Waals surface area contributed by atoms with Crippen molar-refractivity contribution in [2.45, 2.75) is 63.6 Å². The van der Waals surface area contributed by atoms with Crippen LogP contribution in [0.4, 0.5) is 0 Å². The molecule has 1 aliphatic rings. The van der Waals surface area contributed by atoms with Crippen LogP contribution in [-0.2, 0) is 25.2 Å². The number of carbonyl (C=O) groups is 2. The minimum absolute atomic E-state index is 0.0391. The van der Waals surface area contributed by atoms with Gasteiger partial charge in [-0.25, -0.2) is 4.79 Å². The van der Waals surface area contributed by atoms with E-state index in [2.05, 4.69) is 48.5 Å². The minimum Gasteiger partial charge on any atom is -0.461 e. The molecule has 0 aromatic heterocycles. The number of hydrogen-bond donors (Lipinski definition) is 0. The van der Waals surface area contributed by atoms with Crippen LogP contribution in [0, 0.1) is 0 Å². The Morgan fingerprint density at radius 2 is 1.36 bits per heavy atom. The fraction of sp³-hybridized carbons (Fsp3) is 0.333. The van der Waals surface area contributed by atoms with Crippen LogP contribution in [0.25, 0.3) is 0 Å². The van der Waals surface area contributed by atoms with Gasteiger partial charge in [0, 0.05) is 0 Å². The molecule has 2 atom stereocenters. The maximum atomic E-state index is 12.5. The summed E-state index contributed by atoms with van der Waals surface area (Å²) in [5.41, 5.74) is 1.93. The van der Waals surface area contributed by atoms with Crippen LogP contribution in [0.5, 0.6) is 0 Å². The summed E-state index contributed by atoms with van der Waals surface area (Å²) in [5.74, 6) is -0.0441. The zero-order chi connectivity index (χ0) is 25.3. The summed E-state index contributed by atoms with van der Waals surface area (Å²) in [6.07, 6.45) is 6.61. The van der Waals surface area contributed by atoms with E-state index in [1.54, 1.807) is 6.92 Å². The Morgan fingerprint density at radius 3 is 1.97 bits per heavy atom. The van der Waals surface area contributed by atoms with Crippen molar-refractivity contribution in [2.75, 3.05) is 13.2 Å². The number of halogens is 1. The monoisotopic (exact) mass is 615 g/mol. The maximum Gasteiger partial charge on any atom is 0.338 e. The molecule has 0 bridgehead atoms. The third kappa shape index (κ3) is 7.13. The molecule has 4 nitrogen and oxygen atoms in total. The molecule has 2 unspecified atom stereocenters. The Balaban J connectivity index is 1.47. The van der Waals surface area contributed by atoms with Crippen molar-refractivity contribution in [1.82, 2.24) is 0 Å². The summed E-state index contributed by atoms with van der Waals surface area (Å²) in [4.78, 5) is 27.6. The third-order valence-corrected chi connectivity index (χ3v) is 9.12. The predicted molar refractivity (Wildman–Crippen MR) is 152 cm³/mol. The smallest absolute Gasteiger partial charge is 0.338 e. The highest BCUT2D eigenvalue weighted by Gasteiger charge is 2.29. The number of carbonyl (C=O) groups excluding carboxylic acids is 2. The van der Waals surface area contributed by atoms with Crippen molar-refractivity contribution in [2.24, 2.45) is 0 Å². The topological polar surface area (TPSA) is 52.6 Å². The van der Waals surface area contributed by atoms with Crippen molar-refractivity contribution in [3.05, 3.63) is 90.0 Å². The Bertz CT molecular complexity index is 1120. The van der Waals surface area contributed by atoms with Gasteiger partial charge in [-0.1, -0.05) is 72.2 Å². The van der Waals surface area contributed by atoms with Gasteiger partial charge in [0.2, 0.25) is 0 Å². The van der Waals surface area contributed by atoms with E-state index >= 15 is 0 Å². The Kier molecular flexibility index (Phi) is 9.87. The van der Waals surface area contributed by atoms with Crippen LogP contribution < -0.4 is 0 Å². The van der Waals surface area contributed by atoms with Crippen molar-refractivity contribution in [3.8, 4) is 0 Å². The van der Waals surface area contributed by atoms with Crippen LogP contribution >= 0.6 is 22.6 Å². The molecule has 3 aromatic carbocycles. The lowest BCUT2D eigenvalue weighted by atomic mass is 9.84. The highest BCUT2D eigenvalue weighted by molar-refractivity contribution is 14.1. The minimum atomic E-state index is -0.420. The zero-order valence-corrected chi connectivity index (χ0v) is 23.5. The lowest BCUT2D eigenvalue weighted by Crippen LogP contribution is -2.18. The van der Waals surface area contributed by atoms with Gasteiger partial charge in [-0.3, -0.25) is 4.79 Å². The molecular weight excluding hydrogens is 583 g/mol. The van der Waals surface area contributed by atoms with Crippen LogP contribution in [0.15, 0.2) is 93.5 Å². The van der Waals surface area contributed by atoms with Crippen molar-refractivity contribution in [3.63, 3.8) is 0 Å². The molecule has 0 heterocycles. The normalized spacial score (nSPS) is 15.6. The lowest BCUT2D eigenvalue weighted by Gasteiger charge is -2.22. The first-order valence-corrected chi connectivity index (χ1v) is 15.0. The van der Waals surface area contributed by atoms with E-state index in [1.165, 1.54) is 47.5 Å². The standard InChI is InChI=1S/C30H32IO4S/c1-22(31)29(32)34-20-21-35-30(33)25-14-18-28(19-15-25)36(26-10-6-3-7-11-26)27-16-12-24(13-17-27)23-8-4-2-5-9-23/h3,6-7,10-19,22-23H,2,4-5,8-9,20-21H2,1H3/q+1. The molecule has 0 aliphatic heterocycles. The number of hydrogen-bond acceptors (Lipinski definition) is 4.